The number of carbonyl (C=O) groups is 1. The van der Waals surface area contributed by atoms with Crippen LogP contribution in [0.3, 0.4) is 0 Å². The Morgan fingerprint density at radius 3 is 3.00 bits per heavy atom. The van der Waals surface area contributed by atoms with E-state index in [-0.39, 0.29) is 11.6 Å². The van der Waals surface area contributed by atoms with Gasteiger partial charge in [0.05, 0.1) is 5.51 Å². The number of primary amides is 1. The zero-order valence-corrected chi connectivity index (χ0v) is 9.44. The van der Waals surface area contributed by atoms with Gasteiger partial charge < -0.3 is 5.73 Å². The fraction of sp³-hybridized carbons (Fsp3) is 0.200. The van der Waals surface area contributed by atoms with Crippen LogP contribution in [0.5, 0.6) is 0 Å². The van der Waals surface area contributed by atoms with Gasteiger partial charge in [0.2, 0.25) is 0 Å². The van der Waals surface area contributed by atoms with Crippen molar-refractivity contribution < 1.29 is 4.79 Å². The molecule has 0 bridgehead atoms. The lowest BCUT2D eigenvalue weighted by Crippen LogP contribution is -2.17. The average molecular weight is 234 g/mol. The standard InChI is InChI=1S/C10H10N4OS/c1-6(8-4-12-5-16-8)7-2-3-13-14-9(7)10(11)15/h2-6H,1H3,(H2,11,15)/t6-/m1/s1. The van der Waals surface area contributed by atoms with Crippen LogP contribution in [0.4, 0.5) is 0 Å². The maximum atomic E-state index is 11.2. The summed E-state index contributed by atoms with van der Waals surface area (Å²) in [6.07, 6.45) is 3.33. The van der Waals surface area contributed by atoms with E-state index in [9.17, 15) is 4.79 Å². The molecule has 0 saturated carbocycles. The van der Waals surface area contributed by atoms with Gasteiger partial charge in [0, 0.05) is 23.2 Å². The fourth-order valence-electron chi connectivity index (χ4n) is 1.48. The van der Waals surface area contributed by atoms with Gasteiger partial charge >= 0.3 is 0 Å². The highest BCUT2D eigenvalue weighted by Crippen LogP contribution is 2.27. The number of nitrogens with two attached hydrogens (primary N) is 1. The molecule has 0 aliphatic heterocycles. The predicted molar refractivity (Wildman–Crippen MR) is 60.2 cm³/mol. The first-order valence-electron chi connectivity index (χ1n) is 4.70. The molecule has 1 amide bonds. The van der Waals surface area contributed by atoms with Gasteiger partial charge in [-0.05, 0) is 11.6 Å². The van der Waals surface area contributed by atoms with E-state index in [4.69, 9.17) is 5.73 Å². The molecule has 16 heavy (non-hydrogen) atoms. The molecule has 2 aromatic heterocycles. The maximum absolute atomic E-state index is 11.2. The van der Waals surface area contributed by atoms with Gasteiger partial charge in [-0.1, -0.05) is 6.92 Å². The minimum Gasteiger partial charge on any atom is -0.364 e. The highest BCUT2D eigenvalue weighted by molar-refractivity contribution is 7.09. The van der Waals surface area contributed by atoms with Crippen molar-refractivity contribution in [1.29, 1.82) is 0 Å². The molecule has 6 heteroatoms. The molecule has 0 aromatic carbocycles. The Balaban J connectivity index is 2.44. The van der Waals surface area contributed by atoms with E-state index < -0.39 is 5.91 Å². The van der Waals surface area contributed by atoms with Gasteiger partial charge in [0.1, 0.15) is 0 Å². The fourth-order valence-corrected chi connectivity index (χ4v) is 2.17. The number of hydrogen-bond donors (Lipinski definition) is 1. The SMILES string of the molecule is C[C@@H](c1cncs1)c1ccnnc1C(N)=O. The summed E-state index contributed by atoms with van der Waals surface area (Å²) in [6, 6.07) is 1.76. The van der Waals surface area contributed by atoms with Crippen LogP contribution in [0.2, 0.25) is 0 Å². The third-order valence-corrected chi connectivity index (χ3v) is 3.29. The number of rotatable bonds is 3. The first-order valence-corrected chi connectivity index (χ1v) is 5.58. The van der Waals surface area contributed by atoms with E-state index in [1.807, 2.05) is 6.92 Å². The molecule has 0 fully saturated rings. The lowest BCUT2D eigenvalue weighted by atomic mass is 9.99. The van der Waals surface area contributed by atoms with Crippen LogP contribution in [0.25, 0.3) is 0 Å². The second-order valence-electron chi connectivity index (χ2n) is 3.32. The van der Waals surface area contributed by atoms with Crippen LogP contribution in [0, 0.1) is 0 Å². The van der Waals surface area contributed by atoms with Crippen molar-refractivity contribution in [2.45, 2.75) is 12.8 Å². The summed E-state index contributed by atoms with van der Waals surface area (Å²) in [5, 5.41) is 7.44. The predicted octanol–water partition coefficient (Wildman–Crippen LogP) is 1.18. The molecule has 2 N–H and O–H groups in total. The van der Waals surface area contributed by atoms with Crippen LogP contribution in [-0.2, 0) is 0 Å². The van der Waals surface area contributed by atoms with E-state index in [1.54, 1.807) is 24.0 Å². The smallest absolute Gasteiger partial charge is 0.269 e. The van der Waals surface area contributed by atoms with Crippen LogP contribution < -0.4 is 5.73 Å². The molecule has 82 valence electrons. The van der Waals surface area contributed by atoms with Crippen LogP contribution in [0.15, 0.2) is 24.0 Å². The van der Waals surface area contributed by atoms with Crippen molar-refractivity contribution in [3.8, 4) is 0 Å². The highest BCUT2D eigenvalue weighted by atomic mass is 32.1. The summed E-state index contributed by atoms with van der Waals surface area (Å²) >= 11 is 1.53. The van der Waals surface area contributed by atoms with Crippen molar-refractivity contribution in [3.63, 3.8) is 0 Å². The zero-order chi connectivity index (χ0) is 11.5. The Kier molecular flexibility index (Phi) is 2.91. The Labute approximate surface area is 96.4 Å². The third kappa shape index (κ3) is 1.92. The molecular formula is C10H10N4OS. The van der Waals surface area contributed by atoms with Crippen molar-refractivity contribution in [3.05, 3.63) is 40.1 Å². The van der Waals surface area contributed by atoms with Gasteiger partial charge in [-0.15, -0.1) is 16.4 Å². The van der Waals surface area contributed by atoms with Gasteiger partial charge in [-0.2, -0.15) is 5.10 Å². The van der Waals surface area contributed by atoms with Crippen LogP contribution in [0.1, 0.15) is 33.8 Å². The number of carbonyl (C=O) groups excluding carboxylic acids is 1. The molecule has 2 heterocycles. The summed E-state index contributed by atoms with van der Waals surface area (Å²) in [6.45, 7) is 1.98. The number of thiazole rings is 1. The van der Waals surface area contributed by atoms with Crippen molar-refractivity contribution in [2.75, 3.05) is 0 Å². The normalized spacial score (nSPS) is 12.3. The molecule has 0 unspecified atom stereocenters. The Hall–Kier alpha value is -1.82. The Bertz CT molecular complexity index is 497. The minimum atomic E-state index is -0.556. The number of aromatic nitrogens is 3. The summed E-state index contributed by atoms with van der Waals surface area (Å²) < 4.78 is 0. The van der Waals surface area contributed by atoms with Gasteiger partial charge in [0.25, 0.3) is 5.91 Å². The first-order chi connectivity index (χ1) is 7.70. The van der Waals surface area contributed by atoms with Crippen LogP contribution >= 0.6 is 11.3 Å². The monoisotopic (exact) mass is 234 g/mol. The molecule has 0 spiro atoms. The molecule has 2 aromatic rings. The van der Waals surface area contributed by atoms with Crippen molar-refractivity contribution >= 4 is 17.2 Å². The quantitative estimate of drug-likeness (QED) is 0.864. The molecule has 0 saturated heterocycles. The van der Waals surface area contributed by atoms with E-state index in [0.29, 0.717) is 0 Å². The molecule has 0 aliphatic rings. The van der Waals surface area contributed by atoms with Crippen molar-refractivity contribution in [2.24, 2.45) is 5.73 Å². The topological polar surface area (TPSA) is 81.8 Å². The Morgan fingerprint density at radius 1 is 1.56 bits per heavy atom. The minimum absolute atomic E-state index is 0.0468. The van der Waals surface area contributed by atoms with Crippen LogP contribution in [-0.4, -0.2) is 21.1 Å². The number of amides is 1. The van der Waals surface area contributed by atoms with E-state index in [1.165, 1.54) is 11.3 Å². The second-order valence-corrected chi connectivity index (χ2v) is 4.24. The van der Waals surface area contributed by atoms with Crippen molar-refractivity contribution in [1.82, 2.24) is 15.2 Å². The largest absolute Gasteiger partial charge is 0.364 e. The summed E-state index contributed by atoms with van der Waals surface area (Å²) in [5.74, 6) is -0.509. The lowest BCUT2D eigenvalue weighted by Gasteiger charge is -2.10. The van der Waals surface area contributed by atoms with E-state index >= 15 is 0 Å². The highest BCUT2D eigenvalue weighted by Gasteiger charge is 2.18. The summed E-state index contributed by atoms with van der Waals surface area (Å²) in [4.78, 5) is 16.3. The summed E-state index contributed by atoms with van der Waals surface area (Å²) in [5.41, 5.74) is 8.02. The lowest BCUT2D eigenvalue weighted by molar-refractivity contribution is 0.0993. The molecule has 2 rings (SSSR count). The molecule has 0 radical (unpaired) electrons. The maximum Gasteiger partial charge on any atom is 0.269 e. The average Bonchev–Trinajstić information content (AvgIpc) is 2.81. The number of hydrogen-bond acceptors (Lipinski definition) is 5. The van der Waals surface area contributed by atoms with E-state index in [0.717, 1.165) is 10.4 Å². The third-order valence-electron chi connectivity index (χ3n) is 2.33. The second kappa shape index (κ2) is 4.36. The Morgan fingerprint density at radius 2 is 2.38 bits per heavy atom. The molecule has 1 atom stereocenters. The van der Waals surface area contributed by atoms with Gasteiger partial charge in [-0.25, -0.2) is 0 Å². The zero-order valence-electron chi connectivity index (χ0n) is 8.62. The number of nitrogens with zero attached hydrogens (tertiary/aromatic N) is 3. The molecular weight excluding hydrogens is 224 g/mol. The first kappa shape index (κ1) is 10.7. The van der Waals surface area contributed by atoms with E-state index in [2.05, 4.69) is 15.2 Å². The van der Waals surface area contributed by atoms with Gasteiger partial charge in [-0.3, -0.25) is 9.78 Å². The molecule has 0 aliphatic carbocycles. The summed E-state index contributed by atoms with van der Waals surface area (Å²) in [7, 11) is 0. The van der Waals surface area contributed by atoms with Gasteiger partial charge in [0.15, 0.2) is 5.69 Å². The molecule has 5 nitrogen and oxygen atoms in total.